The van der Waals surface area contributed by atoms with Crippen LogP contribution in [0.1, 0.15) is 16.7 Å². The van der Waals surface area contributed by atoms with Crippen molar-refractivity contribution in [2.75, 3.05) is 57.0 Å². The highest BCUT2D eigenvalue weighted by atomic mass is 32.1. The van der Waals surface area contributed by atoms with E-state index in [4.69, 9.17) is 17.1 Å². The van der Waals surface area contributed by atoms with Gasteiger partial charge in [0.1, 0.15) is 10.1 Å². The van der Waals surface area contributed by atoms with Gasteiger partial charge in [-0.2, -0.15) is 4.73 Å². The van der Waals surface area contributed by atoms with Gasteiger partial charge < -0.3 is 19.5 Å². The maximum Gasteiger partial charge on any atom is 0.352 e. The van der Waals surface area contributed by atoms with Crippen LogP contribution in [0.5, 0.6) is 0 Å². The SMILES string of the molecule is CN(C)c1ccc(C(C(=O)On2ccccc2=S)(c2ccc(N(C)C)cc2)c2ccc(N(C)C)cc2)cc1. The third-order valence-corrected chi connectivity index (χ3v) is 7.04. The second-order valence-electron chi connectivity index (χ2n) is 9.82. The topological polar surface area (TPSA) is 41.0 Å². The molecular weight excluding hydrogens is 492 g/mol. The van der Waals surface area contributed by atoms with Gasteiger partial charge in [-0.25, -0.2) is 4.79 Å². The van der Waals surface area contributed by atoms with Gasteiger partial charge in [-0.3, -0.25) is 0 Å². The largest absolute Gasteiger partial charge is 0.378 e. The predicted molar refractivity (Wildman–Crippen MR) is 159 cm³/mol. The molecule has 0 unspecified atom stereocenters. The van der Waals surface area contributed by atoms with Crippen LogP contribution in [0, 0.1) is 4.64 Å². The minimum absolute atomic E-state index is 0.406. The number of anilines is 3. The molecule has 4 aromatic rings. The van der Waals surface area contributed by atoms with Crippen LogP contribution in [0.25, 0.3) is 0 Å². The molecule has 0 saturated heterocycles. The molecule has 0 saturated carbocycles. The summed E-state index contributed by atoms with van der Waals surface area (Å²) >= 11 is 5.45. The van der Waals surface area contributed by atoms with Crippen molar-refractivity contribution in [3.63, 3.8) is 0 Å². The van der Waals surface area contributed by atoms with Crippen molar-refractivity contribution >= 4 is 35.2 Å². The monoisotopic (exact) mass is 526 g/mol. The van der Waals surface area contributed by atoms with E-state index in [1.54, 1.807) is 18.3 Å². The molecule has 0 bridgehead atoms. The Morgan fingerprint density at radius 1 is 0.632 bits per heavy atom. The van der Waals surface area contributed by atoms with Gasteiger partial charge in [-0.05, 0) is 65.2 Å². The van der Waals surface area contributed by atoms with Crippen LogP contribution in [-0.2, 0) is 10.2 Å². The number of carbonyl (C=O) groups is 1. The summed E-state index contributed by atoms with van der Waals surface area (Å²) in [7, 11) is 12.0. The Morgan fingerprint density at radius 3 is 1.32 bits per heavy atom. The van der Waals surface area contributed by atoms with Crippen molar-refractivity contribution < 1.29 is 9.63 Å². The molecule has 0 aliphatic rings. The van der Waals surface area contributed by atoms with Gasteiger partial charge >= 0.3 is 5.97 Å². The zero-order chi connectivity index (χ0) is 27.4. The summed E-state index contributed by atoms with van der Waals surface area (Å²) in [5.41, 5.74) is 4.24. The summed E-state index contributed by atoms with van der Waals surface area (Å²) in [5.74, 6) is -0.451. The number of benzene rings is 3. The average Bonchev–Trinajstić information content (AvgIpc) is 2.91. The van der Waals surface area contributed by atoms with Crippen LogP contribution >= 0.6 is 12.2 Å². The van der Waals surface area contributed by atoms with E-state index in [0.717, 1.165) is 33.8 Å². The van der Waals surface area contributed by atoms with E-state index < -0.39 is 11.4 Å². The van der Waals surface area contributed by atoms with Gasteiger partial charge in [0.15, 0.2) is 0 Å². The van der Waals surface area contributed by atoms with Crippen molar-refractivity contribution in [2.45, 2.75) is 5.41 Å². The molecule has 0 fully saturated rings. The third kappa shape index (κ3) is 5.15. The first-order valence-corrected chi connectivity index (χ1v) is 12.8. The van der Waals surface area contributed by atoms with Gasteiger partial charge in [-0.1, -0.05) is 54.7 Å². The normalized spacial score (nSPS) is 11.1. The average molecular weight is 527 g/mol. The van der Waals surface area contributed by atoms with Crippen LogP contribution in [0.4, 0.5) is 17.1 Å². The second-order valence-corrected chi connectivity index (χ2v) is 10.2. The lowest BCUT2D eigenvalue weighted by Crippen LogP contribution is -2.44. The molecule has 0 aliphatic carbocycles. The van der Waals surface area contributed by atoms with Crippen molar-refractivity contribution in [2.24, 2.45) is 0 Å². The molecule has 38 heavy (non-hydrogen) atoms. The van der Waals surface area contributed by atoms with E-state index in [2.05, 4.69) is 0 Å². The number of carbonyl (C=O) groups excluding carboxylic acids is 1. The minimum Gasteiger partial charge on any atom is -0.378 e. The Hall–Kier alpha value is -4.10. The Morgan fingerprint density at radius 2 is 1.00 bits per heavy atom. The third-order valence-electron chi connectivity index (χ3n) is 6.73. The maximum absolute atomic E-state index is 14.5. The van der Waals surface area contributed by atoms with Crippen LogP contribution in [-0.4, -0.2) is 53.0 Å². The molecule has 0 aliphatic heterocycles. The molecule has 0 amide bonds. The van der Waals surface area contributed by atoms with Gasteiger partial charge in [0.2, 0.25) is 0 Å². The van der Waals surface area contributed by atoms with Gasteiger partial charge in [0.25, 0.3) is 0 Å². The van der Waals surface area contributed by atoms with Gasteiger partial charge in [0, 0.05) is 65.5 Å². The Bertz CT molecular complexity index is 1320. The smallest absolute Gasteiger partial charge is 0.352 e. The molecule has 7 heteroatoms. The molecule has 0 radical (unpaired) electrons. The molecular formula is C31H34N4O2S. The summed E-state index contributed by atoms with van der Waals surface area (Å²) in [4.78, 5) is 26.7. The lowest BCUT2D eigenvalue weighted by Gasteiger charge is -2.34. The quantitative estimate of drug-likeness (QED) is 0.226. The Balaban J connectivity index is 2.01. The van der Waals surface area contributed by atoms with Crippen LogP contribution < -0.4 is 19.5 Å². The summed E-state index contributed by atoms with van der Waals surface area (Å²) < 4.78 is 1.76. The number of pyridine rings is 1. The minimum atomic E-state index is -1.26. The van der Waals surface area contributed by atoms with Gasteiger partial charge in [0.05, 0.1) is 0 Å². The number of aromatic nitrogens is 1. The number of nitrogens with zero attached hydrogens (tertiary/aromatic N) is 4. The molecule has 3 aromatic carbocycles. The zero-order valence-electron chi connectivity index (χ0n) is 22.8. The first kappa shape index (κ1) is 26.9. The van der Waals surface area contributed by atoms with E-state index in [9.17, 15) is 4.79 Å². The van der Waals surface area contributed by atoms with E-state index in [-0.39, 0.29) is 0 Å². The fraction of sp³-hybridized carbons (Fsp3) is 0.226. The molecule has 0 N–H and O–H groups in total. The first-order chi connectivity index (χ1) is 18.1. The zero-order valence-corrected chi connectivity index (χ0v) is 23.6. The van der Waals surface area contributed by atoms with Crippen LogP contribution in [0.2, 0.25) is 0 Å². The van der Waals surface area contributed by atoms with Crippen molar-refractivity contribution in [3.05, 3.63) is 119 Å². The number of rotatable bonds is 8. The molecule has 4 rings (SSSR count). The summed E-state index contributed by atoms with van der Waals surface area (Å²) in [5, 5.41) is 0. The standard InChI is InChI=1S/C31H34N4O2S/c1-32(2)26-16-10-23(11-17-26)31(24-12-18-27(19-13-24)33(3)4,25-14-20-28(21-15-25)34(5)6)30(36)37-35-22-8-7-9-29(35)38/h7-22H,1-6H3. The predicted octanol–water partition coefficient (Wildman–Crippen LogP) is 5.41. The summed E-state index contributed by atoms with van der Waals surface area (Å²) in [6.45, 7) is 0. The fourth-order valence-electron chi connectivity index (χ4n) is 4.53. The highest BCUT2D eigenvalue weighted by Crippen LogP contribution is 2.41. The van der Waals surface area contributed by atoms with Crippen molar-refractivity contribution in [1.82, 2.24) is 4.73 Å². The molecule has 0 spiro atoms. The van der Waals surface area contributed by atoms with Crippen LogP contribution in [0.15, 0.2) is 97.2 Å². The van der Waals surface area contributed by atoms with Gasteiger partial charge in [-0.15, -0.1) is 0 Å². The Labute approximate surface area is 230 Å². The molecule has 1 heterocycles. The first-order valence-electron chi connectivity index (χ1n) is 12.4. The van der Waals surface area contributed by atoms with Crippen molar-refractivity contribution in [3.8, 4) is 0 Å². The van der Waals surface area contributed by atoms with Crippen LogP contribution in [0.3, 0.4) is 0 Å². The highest BCUT2D eigenvalue weighted by Gasteiger charge is 2.46. The molecule has 1 aromatic heterocycles. The lowest BCUT2D eigenvalue weighted by molar-refractivity contribution is -0.148. The summed E-state index contributed by atoms with van der Waals surface area (Å²) in [6.07, 6.45) is 1.66. The summed E-state index contributed by atoms with van der Waals surface area (Å²) in [6, 6.07) is 29.5. The van der Waals surface area contributed by atoms with E-state index >= 15 is 0 Å². The van der Waals surface area contributed by atoms with E-state index in [1.807, 2.05) is 136 Å². The van der Waals surface area contributed by atoms with E-state index in [0.29, 0.717) is 4.64 Å². The fourth-order valence-corrected chi connectivity index (χ4v) is 4.70. The second kappa shape index (κ2) is 11.1. The number of hydrogen-bond acceptors (Lipinski definition) is 6. The molecule has 6 nitrogen and oxygen atoms in total. The maximum atomic E-state index is 14.5. The van der Waals surface area contributed by atoms with Crippen molar-refractivity contribution in [1.29, 1.82) is 0 Å². The number of hydrogen-bond donors (Lipinski definition) is 0. The molecule has 0 atom stereocenters. The molecule has 196 valence electrons. The van der Waals surface area contributed by atoms with E-state index in [1.165, 1.54) is 4.73 Å². The Kier molecular flexibility index (Phi) is 7.88. The highest BCUT2D eigenvalue weighted by molar-refractivity contribution is 7.71. The lowest BCUT2D eigenvalue weighted by atomic mass is 9.69.